The van der Waals surface area contributed by atoms with Crippen molar-refractivity contribution in [1.29, 1.82) is 0 Å². The van der Waals surface area contributed by atoms with Crippen LogP contribution in [0.1, 0.15) is 43.4 Å². The van der Waals surface area contributed by atoms with E-state index in [2.05, 4.69) is 41.0 Å². The van der Waals surface area contributed by atoms with Gasteiger partial charge in [-0.3, -0.25) is 9.80 Å². The molecule has 1 aromatic carbocycles. The molecule has 2 fully saturated rings. The fourth-order valence-corrected chi connectivity index (χ4v) is 4.12. The van der Waals surface area contributed by atoms with Crippen LogP contribution >= 0.6 is 0 Å². The Labute approximate surface area is 129 Å². The summed E-state index contributed by atoms with van der Waals surface area (Å²) in [6, 6.07) is 10.0. The SMILES string of the molecule is CCc1ccccc1C(CN)N1CCN2CCCCC2C1. The third-order valence-corrected chi connectivity index (χ3v) is 5.33. The summed E-state index contributed by atoms with van der Waals surface area (Å²) in [6.07, 6.45) is 5.24. The first-order valence-corrected chi connectivity index (χ1v) is 8.59. The summed E-state index contributed by atoms with van der Waals surface area (Å²) in [5.41, 5.74) is 9.08. The van der Waals surface area contributed by atoms with E-state index in [1.165, 1.54) is 50.0 Å². The average molecular weight is 287 g/mol. The van der Waals surface area contributed by atoms with E-state index < -0.39 is 0 Å². The number of piperidine rings is 1. The van der Waals surface area contributed by atoms with E-state index in [1.807, 2.05) is 0 Å². The maximum Gasteiger partial charge on any atom is 0.0474 e. The number of rotatable bonds is 4. The van der Waals surface area contributed by atoms with Gasteiger partial charge in [0.25, 0.3) is 0 Å². The Kier molecular flexibility index (Phi) is 4.94. The molecule has 0 aliphatic carbocycles. The van der Waals surface area contributed by atoms with E-state index in [0.29, 0.717) is 6.04 Å². The molecule has 3 rings (SSSR count). The van der Waals surface area contributed by atoms with Crippen LogP contribution < -0.4 is 5.73 Å². The van der Waals surface area contributed by atoms with Crippen LogP contribution in [0.5, 0.6) is 0 Å². The van der Waals surface area contributed by atoms with Crippen molar-refractivity contribution in [3.63, 3.8) is 0 Å². The molecule has 0 aromatic heterocycles. The minimum absolute atomic E-state index is 0.394. The van der Waals surface area contributed by atoms with Gasteiger partial charge >= 0.3 is 0 Å². The molecule has 3 nitrogen and oxygen atoms in total. The van der Waals surface area contributed by atoms with E-state index in [9.17, 15) is 0 Å². The highest BCUT2D eigenvalue weighted by atomic mass is 15.3. The average Bonchev–Trinajstić information content (AvgIpc) is 2.56. The first-order valence-electron chi connectivity index (χ1n) is 8.59. The van der Waals surface area contributed by atoms with Crippen molar-refractivity contribution in [3.8, 4) is 0 Å². The highest BCUT2D eigenvalue weighted by molar-refractivity contribution is 5.30. The van der Waals surface area contributed by atoms with Crippen molar-refractivity contribution < 1.29 is 0 Å². The molecular weight excluding hydrogens is 258 g/mol. The second kappa shape index (κ2) is 6.91. The molecule has 2 unspecified atom stereocenters. The predicted octanol–water partition coefficient (Wildman–Crippen LogP) is 2.42. The molecule has 21 heavy (non-hydrogen) atoms. The Morgan fingerprint density at radius 3 is 2.86 bits per heavy atom. The van der Waals surface area contributed by atoms with Crippen molar-refractivity contribution in [3.05, 3.63) is 35.4 Å². The van der Waals surface area contributed by atoms with Gasteiger partial charge in [0.15, 0.2) is 0 Å². The fourth-order valence-electron chi connectivity index (χ4n) is 4.12. The molecule has 1 aromatic rings. The van der Waals surface area contributed by atoms with Crippen LogP contribution in [0.15, 0.2) is 24.3 Å². The normalized spacial score (nSPS) is 25.5. The lowest BCUT2D eigenvalue weighted by Gasteiger charge is -2.46. The molecule has 2 atom stereocenters. The molecule has 0 amide bonds. The fraction of sp³-hybridized carbons (Fsp3) is 0.667. The number of piperazine rings is 1. The second-order valence-electron chi connectivity index (χ2n) is 6.48. The summed E-state index contributed by atoms with van der Waals surface area (Å²) in [6.45, 7) is 7.85. The van der Waals surface area contributed by atoms with Crippen LogP contribution in [0.4, 0.5) is 0 Å². The first-order chi connectivity index (χ1) is 10.3. The van der Waals surface area contributed by atoms with Gasteiger partial charge in [-0.05, 0) is 36.9 Å². The van der Waals surface area contributed by atoms with Crippen molar-refractivity contribution in [1.82, 2.24) is 9.80 Å². The molecule has 2 aliphatic rings. The summed E-state index contributed by atoms with van der Waals surface area (Å²) >= 11 is 0. The molecule has 116 valence electrons. The molecule has 2 N–H and O–H groups in total. The lowest BCUT2D eigenvalue weighted by Crippen LogP contribution is -2.56. The van der Waals surface area contributed by atoms with Gasteiger partial charge in [-0.1, -0.05) is 37.6 Å². The zero-order valence-electron chi connectivity index (χ0n) is 13.3. The second-order valence-corrected chi connectivity index (χ2v) is 6.48. The zero-order chi connectivity index (χ0) is 14.7. The van der Waals surface area contributed by atoms with E-state index in [0.717, 1.165) is 25.6 Å². The Hall–Kier alpha value is -0.900. The summed E-state index contributed by atoms with van der Waals surface area (Å²) in [4.78, 5) is 5.33. The van der Waals surface area contributed by atoms with E-state index >= 15 is 0 Å². The van der Waals surface area contributed by atoms with Crippen LogP contribution in [0, 0.1) is 0 Å². The van der Waals surface area contributed by atoms with Crippen molar-refractivity contribution >= 4 is 0 Å². The minimum Gasteiger partial charge on any atom is -0.329 e. The smallest absolute Gasteiger partial charge is 0.0474 e. The number of hydrogen-bond donors (Lipinski definition) is 1. The van der Waals surface area contributed by atoms with E-state index in [4.69, 9.17) is 5.73 Å². The van der Waals surface area contributed by atoms with Gasteiger partial charge in [0.1, 0.15) is 0 Å². The minimum atomic E-state index is 0.394. The summed E-state index contributed by atoms with van der Waals surface area (Å²) in [5.74, 6) is 0. The molecular formula is C18H29N3. The van der Waals surface area contributed by atoms with Crippen LogP contribution in [0.25, 0.3) is 0 Å². The first kappa shape index (κ1) is 15.0. The third kappa shape index (κ3) is 3.15. The van der Waals surface area contributed by atoms with Gasteiger partial charge < -0.3 is 5.73 Å². The van der Waals surface area contributed by atoms with Crippen LogP contribution in [0.2, 0.25) is 0 Å². The van der Waals surface area contributed by atoms with Crippen molar-refractivity contribution in [2.45, 2.75) is 44.7 Å². The van der Waals surface area contributed by atoms with Gasteiger partial charge in [0.05, 0.1) is 0 Å². The molecule has 0 bridgehead atoms. The Morgan fingerprint density at radius 1 is 1.19 bits per heavy atom. The van der Waals surface area contributed by atoms with Crippen LogP contribution in [-0.4, -0.2) is 48.6 Å². The molecule has 3 heteroatoms. The van der Waals surface area contributed by atoms with Gasteiger partial charge in [0, 0.05) is 38.3 Å². The summed E-state index contributed by atoms with van der Waals surface area (Å²) in [5, 5.41) is 0. The highest BCUT2D eigenvalue weighted by Gasteiger charge is 2.32. The molecule has 2 saturated heterocycles. The summed E-state index contributed by atoms with van der Waals surface area (Å²) in [7, 11) is 0. The standard InChI is InChI=1S/C18H29N3/c1-2-15-7-3-4-9-17(15)18(13-19)21-12-11-20-10-6-5-8-16(20)14-21/h3-4,7,9,16,18H,2,5-6,8,10-14,19H2,1H3. The topological polar surface area (TPSA) is 32.5 Å². The largest absolute Gasteiger partial charge is 0.329 e. The number of aryl methyl sites for hydroxylation is 1. The quantitative estimate of drug-likeness (QED) is 0.923. The maximum atomic E-state index is 6.17. The lowest BCUT2D eigenvalue weighted by molar-refractivity contribution is 0.0284. The maximum absolute atomic E-state index is 6.17. The van der Waals surface area contributed by atoms with Crippen LogP contribution in [0.3, 0.4) is 0 Å². The zero-order valence-corrected chi connectivity index (χ0v) is 13.3. The number of nitrogens with two attached hydrogens (primary N) is 1. The number of nitrogens with zero attached hydrogens (tertiary/aromatic N) is 2. The molecule has 0 saturated carbocycles. The highest BCUT2D eigenvalue weighted by Crippen LogP contribution is 2.29. The number of hydrogen-bond acceptors (Lipinski definition) is 3. The monoisotopic (exact) mass is 287 g/mol. The summed E-state index contributed by atoms with van der Waals surface area (Å²) < 4.78 is 0. The molecule has 0 radical (unpaired) electrons. The number of fused-ring (bicyclic) bond motifs is 1. The molecule has 2 aliphatic heterocycles. The predicted molar refractivity (Wildman–Crippen MR) is 88.4 cm³/mol. The van der Waals surface area contributed by atoms with Crippen molar-refractivity contribution in [2.24, 2.45) is 5.73 Å². The van der Waals surface area contributed by atoms with E-state index in [1.54, 1.807) is 0 Å². The third-order valence-electron chi connectivity index (χ3n) is 5.33. The van der Waals surface area contributed by atoms with Crippen LogP contribution in [-0.2, 0) is 6.42 Å². The van der Waals surface area contributed by atoms with E-state index in [-0.39, 0.29) is 0 Å². The van der Waals surface area contributed by atoms with Gasteiger partial charge in [-0.2, -0.15) is 0 Å². The Bertz CT molecular complexity index is 460. The number of benzene rings is 1. The van der Waals surface area contributed by atoms with Gasteiger partial charge in [-0.15, -0.1) is 0 Å². The Balaban J connectivity index is 1.77. The Morgan fingerprint density at radius 2 is 2.05 bits per heavy atom. The van der Waals surface area contributed by atoms with Gasteiger partial charge in [0.2, 0.25) is 0 Å². The lowest BCUT2D eigenvalue weighted by atomic mass is 9.94. The van der Waals surface area contributed by atoms with Gasteiger partial charge in [-0.25, -0.2) is 0 Å². The molecule has 0 spiro atoms. The van der Waals surface area contributed by atoms with Crippen molar-refractivity contribution in [2.75, 3.05) is 32.7 Å². The molecule has 2 heterocycles.